The number of aromatic nitrogens is 2. The molecule has 1 aromatic carbocycles. The Morgan fingerprint density at radius 3 is 2.57 bits per heavy atom. The van der Waals surface area contributed by atoms with E-state index in [2.05, 4.69) is 15.5 Å². The molecule has 1 amide bonds. The highest BCUT2D eigenvalue weighted by atomic mass is 35.5. The summed E-state index contributed by atoms with van der Waals surface area (Å²) in [5, 5.41) is 10.6. The molecule has 0 fully saturated rings. The summed E-state index contributed by atoms with van der Waals surface area (Å²) in [7, 11) is 0. The number of amides is 1. The molecule has 21 heavy (non-hydrogen) atoms. The number of aryl methyl sites for hydroxylation is 1. The van der Waals surface area contributed by atoms with Gasteiger partial charge in [0.25, 0.3) is 5.91 Å². The Morgan fingerprint density at radius 2 is 2.00 bits per heavy atom. The van der Waals surface area contributed by atoms with Crippen LogP contribution in [0, 0.1) is 6.92 Å². The van der Waals surface area contributed by atoms with Gasteiger partial charge >= 0.3 is 0 Å². The summed E-state index contributed by atoms with van der Waals surface area (Å²) in [6.07, 6.45) is 0. The third kappa shape index (κ3) is 3.77. The highest BCUT2D eigenvalue weighted by Gasteiger charge is 2.23. The minimum Gasteiger partial charge on any atom is -0.350 e. The fourth-order valence-electron chi connectivity index (χ4n) is 1.95. The van der Waals surface area contributed by atoms with Crippen LogP contribution in [0.1, 0.15) is 35.6 Å². The highest BCUT2D eigenvalue weighted by Crippen LogP contribution is 2.29. The molecule has 2 aromatic rings. The van der Waals surface area contributed by atoms with Crippen molar-refractivity contribution in [3.63, 3.8) is 0 Å². The van der Waals surface area contributed by atoms with Gasteiger partial charge in [0.1, 0.15) is 5.69 Å². The van der Waals surface area contributed by atoms with Gasteiger partial charge in [0.2, 0.25) is 0 Å². The van der Waals surface area contributed by atoms with Crippen LogP contribution in [0.25, 0.3) is 0 Å². The smallest absolute Gasteiger partial charge is 0.271 e. The molecule has 0 aliphatic rings. The van der Waals surface area contributed by atoms with Crippen LogP contribution in [-0.4, -0.2) is 22.6 Å². The van der Waals surface area contributed by atoms with Gasteiger partial charge in [-0.15, -0.1) is 0 Å². The Morgan fingerprint density at radius 1 is 1.29 bits per heavy atom. The van der Waals surface area contributed by atoms with Crippen molar-refractivity contribution in [3.05, 3.63) is 51.3 Å². The summed E-state index contributed by atoms with van der Waals surface area (Å²) in [4.78, 5) is 12.0. The van der Waals surface area contributed by atoms with E-state index in [-0.39, 0.29) is 11.3 Å². The lowest BCUT2D eigenvalue weighted by Crippen LogP contribution is -2.36. The minimum absolute atomic E-state index is 0.201. The molecule has 0 atom stereocenters. The van der Waals surface area contributed by atoms with Crippen LogP contribution < -0.4 is 5.32 Å². The average molecular weight is 326 g/mol. The second-order valence-corrected chi connectivity index (χ2v) is 6.45. The van der Waals surface area contributed by atoms with Gasteiger partial charge in [0.05, 0.1) is 10.0 Å². The lowest BCUT2D eigenvalue weighted by molar-refractivity contribution is 0.0940. The molecular formula is C15H17Cl2N3O. The predicted molar refractivity (Wildman–Crippen MR) is 85.1 cm³/mol. The largest absolute Gasteiger partial charge is 0.350 e. The lowest BCUT2D eigenvalue weighted by atomic mass is 9.84. The van der Waals surface area contributed by atoms with Crippen LogP contribution in [0.4, 0.5) is 0 Å². The molecular weight excluding hydrogens is 309 g/mol. The molecule has 0 aliphatic heterocycles. The second-order valence-electron chi connectivity index (χ2n) is 5.63. The first-order chi connectivity index (χ1) is 9.79. The van der Waals surface area contributed by atoms with Crippen molar-refractivity contribution in [2.24, 2.45) is 0 Å². The van der Waals surface area contributed by atoms with Crippen molar-refractivity contribution in [1.29, 1.82) is 0 Å². The summed E-state index contributed by atoms with van der Waals surface area (Å²) in [5.41, 5.74) is 1.98. The Kier molecular flexibility index (Phi) is 4.59. The predicted octanol–water partition coefficient (Wildman–Crippen LogP) is 3.73. The third-order valence-electron chi connectivity index (χ3n) is 3.33. The summed E-state index contributed by atoms with van der Waals surface area (Å²) in [5.74, 6) is -0.201. The minimum atomic E-state index is -0.269. The molecule has 0 bridgehead atoms. The van der Waals surface area contributed by atoms with Crippen LogP contribution in [0.15, 0.2) is 24.3 Å². The molecule has 0 unspecified atom stereocenters. The van der Waals surface area contributed by atoms with Crippen LogP contribution >= 0.6 is 23.2 Å². The van der Waals surface area contributed by atoms with Crippen LogP contribution in [0.2, 0.25) is 10.0 Å². The van der Waals surface area contributed by atoms with Crippen molar-refractivity contribution < 1.29 is 4.79 Å². The number of H-pyrrole nitrogens is 1. The summed E-state index contributed by atoms with van der Waals surface area (Å²) in [6.45, 7) is 6.38. The van der Waals surface area contributed by atoms with E-state index in [1.807, 2.05) is 32.9 Å². The number of hydrogen-bond acceptors (Lipinski definition) is 2. The molecule has 2 N–H and O–H groups in total. The number of hydrogen-bond donors (Lipinski definition) is 2. The molecule has 0 aliphatic carbocycles. The van der Waals surface area contributed by atoms with E-state index in [0.29, 0.717) is 22.3 Å². The quantitative estimate of drug-likeness (QED) is 0.899. The number of carbonyl (C=O) groups is 1. The number of benzene rings is 1. The van der Waals surface area contributed by atoms with Crippen LogP contribution in [0.5, 0.6) is 0 Å². The maximum Gasteiger partial charge on any atom is 0.271 e. The van der Waals surface area contributed by atoms with E-state index in [0.717, 1.165) is 11.3 Å². The molecule has 112 valence electrons. The molecule has 6 heteroatoms. The standard InChI is InChI=1S/C15H17Cl2N3O/c1-9-6-13(20-19-9)14(21)18-8-15(2,3)10-4-5-11(16)12(17)7-10/h4-7H,8H2,1-3H3,(H,18,21)(H,19,20). The van der Waals surface area contributed by atoms with Gasteiger partial charge in [-0.25, -0.2) is 0 Å². The van der Waals surface area contributed by atoms with Gasteiger partial charge in [-0.3, -0.25) is 9.89 Å². The van der Waals surface area contributed by atoms with Gasteiger partial charge in [0.15, 0.2) is 0 Å². The second kappa shape index (κ2) is 6.08. The van der Waals surface area contributed by atoms with E-state index in [1.165, 1.54) is 0 Å². The lowest BCUT2D eigenvalue weighted by Gasteiger charge is -2.25. The van der Waals surface area contributed by atoms with E-state index < -0.39 is 0 Å². The Bertz CT molecular complexity index is 665. The average Bonchev–Trinajstić information content (AvgIpc) is 2.86. The van der Waals surface area contributed by atoms with Crippen molar-refractivity contribution in [2.75, 3.05) is 6.54 Å². The number of rotatable bonds is 4. The molecule has 1 heterocycles. The Labute approximate surface area is 133 Å². The maximum absolute atomic E-state index is 12.0. The molecule has 0 saturated heterocycles. The molecule has 0 spiro atoms. The van der Waals surface area contributed by atoms with Crippen molar-refractivity contribution in [2.45, 2.75) is 26.2 Å². The first-order valence-electron chi connectivity index (χ1n) is 6.55. The molecule has 4 nitrogen and oxygen atoms in total. The van der Waals surface area contributed by atoms with E-state index in [1.54, 1.807) is 12.1 Å². The van der Waals surface area contributed by atoms with Crippen molar-refractivity contribution >= 4 is 29.1 Å². The fraction of sp³-hybridized carbons (Fsp3) is 0.333. The zero-order valence-electron chi connectivity index (χ0n) is 12.1. The fourth-order valence-corrected chi connectivity index (χ4v) is 2.24. The molecule has 2 rings (SSSR count). The molecule has 0 radical (unpaired) electrons. The van der Waals surface area contributed by atoms with Gasteiger partial charge in [-0.2, -0.15) is 5.10 Å². The molecule has 0 saturated carbocycles. The number of nitrogens with zero attached hydrogens (tertiary/aromatic N) is 1. The van der Waals surface area contributed by atoms with Gasteiger partial charge in [0, 0.05) is 17.7 Å². The monoisotopic (exact) mass is 325 g/mol. The summed E-state index contributed by atoms with van der Waals surface area (Å²) >= 11 is 12.0. The third-order valence-corrected chi connectivity index (χ3v) is 4.07. The zero-order chi connectivity index (χ0) is 15.6. The number of nitrogens with one attached hydrogen (secondary N) is 2. The first kappa shape index (κ1) is 15.9. The van der Waals surface area contributed by atoms with E-state index in [4.69, 9.17) is 23.2 Å². The number of aromatic amines is 1. The van der Waals surface area contributed by atoms with Crippen molar-refractivity contribution in [3.8, 4) is 0 Å². The number of halogens is 2. The van der Waals surface area contributed by atoms with Crippen molar-refractivity contribution in [1.82, 2.24) is 15.5 Å². The van der Waals surface area contributed by atoms with E-state index >= 15 is 0 Å². The SMILES string of the molecule is Cc1cc(C(=O)NCC(C)(C)c2ccc(Cl)c(Cl)c2)n[nH]1. The topological polar surface area (TPSA) is 57.8 Å². The number of carbonyl (C=O) groups excluding carboxylic acids is 1. The van der Waals surface area contributed by atoms with Crippen LogP contribution in [0.3, 0.4) is 0 Å². The maximum atomic E-state index is 12.0. The van der Waals surface area contributed by atoms with Gasteiger partial charge in [-0.1, -0.05) is 43.1 Å². The first-order valence-corrected chi connectivity index (χ1v) is 7.31. The molecule has 1 aromatic heterocycles. The van der Waals surface area contributed by atoms with Gasteiger partial charge < -0.3 is 5.32 Å². The normalized spacial score (nSPS) is 11.5. The zero-order valence-corrected chi connectivity index (χ0v) is 13.6. The summed E-state index contributed by atoms with van der Waals surface area (Å²) in [6, 6.07) is 7.22. The Hall–Kier alpha value is -1.52. The van der Waals surface area contributed by atoms with Crippen LogP contribution in [-0.2, 0) is 5.41 Å². The summed E-state index contributed by atoms with van der Waals surface area (Å²) < 4.78 is 0. The van der Waals surface area contributed by atoms with Gasteiger partial charge in [-0.05, 0) is 30.7 Å². The Balaban J connectivity index is 2.06. The highest BCUT2D eigenvalue weighted by molar-refractivity contribution is 6.42. The van der Waals surface area contributed by atoms with E-state index in [9.17, 15) is 4.79 Å².